The molecule has 19 heavy (non-hydrogen) atoms. The molecule has 0 spiro atoms. The Balaban J connectivity index is 2.08. The number of para-hydroxylation sites is 1. The minimum atomic E-state index is -0.119. The Morgan fingerprint density at radius 2 is 1.68 bits per heavy atom. The average Bonchev–Trinajstić information content (AvgIpc) is 2.40. The van der Waals surface area contributed by atoms with Crippen LogP contribution in [0.2, 0.25) is 0 Å². The Bertz CT molecular complexity index is 588. The van der Waals surface area contributed by atoms with Gasteiger partial charge in [0.15, 0.2) is 0 Å². The van der Waals surface area contributed by atoms with Gasteiger partial charge in [-0.1, -0.05) is 46.3 Å². The fraction of sp³-hybridized carbons (Fsp3) is 0.0625. The van der Waals surface area contributed by atoms with E-state index >= 15 is 0 Å². The van der Waals surface area contributed by atoms with E-state index in [1.54, 1.807) is 6.08 Å². The van der Waals surface area contributed by atoms with Crippen LogP contribution in [0.15, 0.2) is 65.1 Å². The smallest absolute Gasteiger partial charge is 0.248 e. The van der Waals surface area contributed by atoms with Gasteiger partial charge in [0.2, 0.25) is 5.91 Å². The molecule has 1 amide bonds. The maximum atomic E-state index is 11.9. The van der Waals surface area contributed by atoms with Gasteiger partial charge in [-0.05, 0) is 42.3 Å². The van der Waals surface area contributed by atoms with E-state index in [-0.39, 0.29) is 5.91 Å². The highest BCUT2D eigenvalue weighted by molar-refractivity contribution is 9.10. The lowest BCUT2D eigenvalue weighted by atomic mass is 10.1. The molecule has 0 aliphatic carbocycles. The van der Waals surface area contributed by atoms with Crippen molar-refractivity contribution in [1.29, 1.82) is 0 Å². The predicted molar refractivity (Wildman–Crippen MR) is 82.9 cm³/mol. The lowest BCUT2D eigenvalue weighted by Crippen LogP contribution is -2.08. The molecule has 2 rings (SSSR count). The Hall–Kier alpha value is -1.87. The summed E-state index contributed by atoms with van der Waals surface area (Å²) in [7, 11) is 0. The van der Waals surface area contributed by atoms with Gasteiger partial charge in [0.25, 0.3) is 0 Å². The number of hydrogen-bond donors (Lipinski definition) is 1. The molecule has 0 fully saturated rings. The van der Waals surface area contributed by atoms with Crippen LogP contribution in [0.3, 0.4) is 0 Å². The second kappa shape index (κ2) is 6.34. The maximum Gasteiger partial charge on any atom is 0.248 e. The average molecular weight is 316 g/mol. The minimum absolute atomic E-state index is 0.119. The van der Waals surface area contributed by atoms with Gasteiger partial charge in [-0.15, -0.1) is 0 Å². The molecule has 1 N–H and O–H groups in total. The first-order valence-electron chi connectivity index (χ1n) is 5.95. The second-order valence-electron chi connectivity index (χ2n) is 4.19. The van der Waals surface area contributed by atoms with Gasteiger partial charge in [-0.3, -0.25) is 4.79 Å². The van der Waals surface area contributed by atoms with Crippen molar-refractivity contribution < 1.29 is 4.79 Å². The van der Waals surface area contributed by atoms with Gasteiger partial charge < -0.3 is 5.32 Å². The molecule has 0 atom stereocenters. The van der Waals surface area contributed by atoms with Gasteiger partial charge in [0.1, 0.15) is 0 Å². The molecule has 0 radical (unpaired) electrons. The molecule has 0 aromatic heterocycles. The number of rotatable bonds is 3. The number of carbonyl (C=O) groups excluding carboxylic acids is 1. The highest BCUT2D eigenvalue weighted by Gasteiger charge is 2.01. The van der Waals surface area contributed by atoms with Crippen LogP contribution < -0.4 is 5.32 Å². The third kappa shape index (κ3) is 4.07. The van der Waals surface area contributed by atoms with E-state index in [9.17, 15) is 4.79 Å². The van der Waals surface area contributed by atoms with Crippen LogP contribution in [0.25, 0.3) is 5.57 Å². The van der Waals surface area contributed by atoms with E-state index in [0.717, 1.165) is 21.3 Å². The Morgan fingerprint density at radius 1 is 1.05 bits per heavy atom. The van der Waals surface area contributed by atoms with Crippen LogP contribution in [0, 0.1) is 0 Å². The Labute approximate surface area is 121 Å². The van der Waals surface area contributed by atoms with Gasteiger partial charge in [0.05, 0.1) is 0 Å². The van der Waals surface area contributed by atoms with Crippen molar-refractivity contribution in [2.75, 3.05) is 5.32 Å². The van der Waals surface area contributed by atoms with Crippen molar-refractivity contribution in [2.45, 2.75) is 6.92 Å². The number of nitrogens with one attached hydrogen (secondary N) is 1. The lowest BCUT2D eigenvalue weighted by molar-refractivity contribution is -0.111. The molecule has 2 nitrogen and oxygen atoms in total. The fourth-order valence-corrected chi connectivity index (χ4v) is 1.96. The van der Waals surface area contributed by atoms with Crippen molar-refractivity contribution in [3.05, 3.63) is 70.7 Å². The second-order valence-corrected chi connectivity index (χ2v) is 5.11. The molecule has 0 bridgehead atoms. The Morgan fingerprint density at radius 3 is 2.32 bits per heavy atom. The molecule has 0 heterocycles. The summed E-state index contributed by atoms with van der Waals surface area (Å²) in [5.74, 6) is -0.119. The van der Waals surface area contributed by atoms with E-state index in [1.807, 2.05) is 61.5 Å². The zero-order valence-electron chi connectivity index (χ0n) is 10.6. The van der Waals surface area contributed by atoms with E-state index in [2.05, 4.69) is 21.2 Å². The number of amides is 1. The summed E-state index contributed by atoms with van der Waals surface area (Å²) in [4.78, 5) is 11.9. The summed E-state index contributed by atoms with van der Waals surface area (Å²) in [6, 6.07) is 17.3. The van der Waals surface area contributed by atoms with E-state index in [0.29, 0.717) is 0 Å². The summed E-state index contributed by atoms with van der Waals surface area (Å²) in [5.41, 5.74) is 2.76. The fourth-order valence-electron chi connectivity index (χ4n) is 1.69. The van der Waals surface area contributed by atoms with Crippen molar-refractivity contribution in [1.82, 2.24) is 0 Å². The van der Waals surface area contributed by atoms with Gasteiger partial charge in [0, 0.05) is 16.2 Å². The summed E-state index contributed by atoms with van der Waals surface area (Å²) in [6.45, 7) is 1.92. The molecule has 0 aliphatic rings. The summed E-state index contributed by atoms with van der Waals surface area (Å²) >= 11 is 3.39. The summed E-state index contributed by atoms with van der Waals surface area (Å²) in [5, 5.41) is 2.83. The first-order chi connectivity index (χ1) is 9.15. The van der Waals surface area contributed by atoms with Crippen LogP contribution in [-0.4, -0.2) is 5.91 Å². The SMILES string of the molecule is C/C(=C/C(=O)Nc1ccccc1)c1ccc(Br)cc1. The molecular formula is C16H14BrNO. The number of allylic oxidation sites excluding steroid dienone is 1. The number of halogens is 1. The summed E-state index contributed by atoms with van der Waals surface area (Å²) in [6.07, 6.45) is 1.61. The maximum absolute atomic E-state index is 11.9. The Kier molecular flexibility index (Phi) is 4.53. The summed E-state index contributed by atoms with van der Waals surface area (Å²) < 4.78 is 1.03. The normalized spacial score (nSPS) is 11.2. The highest BCUT2D eigenvalue weighted by Crippen LogP contribution is 2.17. The zero-order chi connectivity index (χ0) is 13.7. The molecule has 96 valence electrons. The number of hydrogen-bond acceptors (Lipinski definition) is 1. The van der Waals surface area contributed by atoms with Crippen LogP contribution in [0.1, 0.15) is 12.5 Å². The molecule has 2 aromatic carbocycles. The third-order valence-corrected chi connectivity index (χ3v) is 3.22. The van der Waals surface area contributed by atoms with Gasteiger partial charge >= 0.3 is 0 Å². The molecule has 0 saturated heterocycles. The predicted octanol–water partition coefficient (Wildman–Crippen LogP) is 4.49. The van der Waals surface area contributed by atoms with Crippen molar-refractivity contribution in [3.8, 4) is 0 Å². The number of anilines is 1. The van der Waals surface area contributed by atoms with Crippen LogP contribution in [0.4, 0.5) is 5.69 Å². The molecule has 0 unspecified atom stereocenters. The van der Waals surface area contributed by atoms with E-state index in [1.165, 1.54) is 0 Å². The standard InChI is InChI=1S/C16H14BrNO/c1-12(13-7-9-14(17)10-8-13)11-16(19)18-15-5-3-2-4-6-15/h2-11H,1H3,(H,18,19)/b12-11-. The molecule has 3 heteroatoms. The van der Waals surface area contributed by atoms with Crippen molar-refractivity contribution in [2.24, 2.45) is 0 Å². The van der Waals surface area contributed by atoms with Crippen molar-refractivity contribution in [3.63, 3.8) is 0 Å². The lowest BCUT2D eigenvalue weighted by Gasteiger charge is -2.04. The van der Waals surface area contributed by atoms with Crippen LogP contribution >= 0.6 is 15.9 Å². The largest absolute Gasteiger partial charge is 0.323 e. The monoisotopic (exact) mass is 315 g/mol. The first-order valence-corrected chi connectivity index (χ1v) is 6.75. The van der Waals surface area contributed by atoms with Crippen molar-refractivity contribution >= 4 is 33.1 Å². The highest BCUT2D eigenvalue weighted by atomic mass is 79.9. The zero-order valence-corrected chi connectivity index (χ0v) is 12.1. The molecule has 2 aromatic rings. The molecular weight excluding hydrogens is 302 g/mol. The van der Waals surface area contributed by atoms with E-state index < -0.39 is 0 Å². The molecule has 0 saturated carbocycles. The van der Waals surface area contributed by atoms with Gasteiger partial charge in [-0.25, -0.2) is 0 Å². The van der Waals surface area contributed by atoms with Crippen LogP contribution in [-0.2, 0) is 4.79 Å². The quantitative estimate of drug-likeness (QED) is 0.831. The first kappa shape index (κ1) is 13.6. The number of carbonyl (C=O) groups is 1. The van der Waals surface area contributed by atoms with Gasteiger partial charge in [-0.2, -0.15) is 0 Å². The van der Waals surface area contributed by atoms with Crippen LogP contribution in [0.5, 0.6) is 0 Å². The number of benzene rings is 2. The minimum Gasteiger partial charge on any atom is -0.323 e. The third-order valence-electron chi connectivity index (χ3n) is 2.69. The molecule has 0 aliphatic heterocycles. The van der Waals surface area contributed by atoms with E-state index in [4.69, 9.17) is 0 Å². The topological polar surface area (TPSA) is 29.1 Å².